The summed E-state index contributed by atoms with van der Waals surface area (Å²) in [6, 6.07) is 7.31. The number of amidine groups is 1. The molecule has 0 fully saturated rings. The maximum Gasteiger partial charge on any atom is 0.264 e. The largest absolute Gasteiger partial charge is 0.330 e. The third-order valence-corrected chi connectivity index (χ3v) is 3.22. The summed E-state index contributed by atoms with van der Waals surface area (Å²) in [5.74, 6) is -1.39. The first-order valence-corrected chi connectivity index (χ1v) is 6.23. The molecule has 1 aliphatic rings. The fraction of sp³-hybridized carbons (Fsp3) is 0.357. The Morgan fingerprint density at radius 2 is 1.95 bits per heavy atom. The van der Waals surface area contributed by atoms with Crippen LogP contribution in [0.25, 0.3) is 0 Å². The number of nitrogens with two attached hydrogens (primary N) is 1. The number of amides is 2. The molecule has 1 heterocycles. The number of aliphatic imine (C=N–C) groups is 1. The van der Waals surface area contributed by atoms with E-state index in [1.807, 2.05) is 26.0 Å². The van der Waals surface area contributed by atoms with Crippen molar-refractivity contribution in [2.75, 3.05) is 6.54 Å². The zero-order valence-corrected chi connectivity index (χ0v) is 11.0. The van der Waals surface area contributed by atoms with Crippen molar-refractivity contribution in [3.05, 3.63) is 35.4 Å². The Morgan fingerprint density at radius 3 is 2.47 bits per heavy atom. The van der Waals surface area contributed by atoms with Crippen LogP contribution in [-0.2, 0) is 9.59 Å². The maximum atomic E-state index is 12.1. The molecule has 0 spiro atoms. The molecule has 19 heavy (non-hydrogen) atoms. The topological polar surface area (TPSA) is 84.6 Å². The van der Waals surface area contributed by atoms with Crippen LogP contribution in [0.3, 0.4) is 0 Å². The molecule has 5 heteroatoms. The van der Waals surface area contributed by atoms with Gasteiger partial charge in [0.2, 0.25) is 5.91 Å². The molecule has 5 nitrogen and oxygen atoms in total. The highest BCUT2D eigenvalue weighted by Crippen LogP contribution is 2.21. The van der Waals surface area contributed by atoms with E-state index in [0.29, 0.717) is 17.9 Å². The van der Waals surface area contributed by atoms with Gasteiger partial charge in [0.15, 0.2) is 0 Å². The number of hydrogen-bond acceptors (Lipinski definition) is 3. The lowest BCUT2D eigenvalue weighted by Crippen LogP contribution is -2.46. The highest BCUT2D eigenvalue weighted by Gasteiger charge is 2.34. The van der Waals surface area contributed by atoms with Crippen molar-refractivity contribution in [2.24, 2.45) is 16.6 Å². The highest BCUT2D eigenvalue weighted by molar-refractivity contribution is 6.19. The van der Waals surface area contributed by atoms with Crippen LogP contribution in [0.2, 0.25) is 0 Å². The third-order valence-electron chi connectivity index (χ3n) is 3.22. The summed E-state index contributed by atoms with van der Waals surface area (Å²) in [5.41, 5.74) is 7.25. The second-order valence-electron chi connectivity index (χ2n) is 4.80. The van der Waals surface area contributed by atoms with Gasteiger partial charge in [0.1, 0.15) is 11.8 Å². The zero-order valence-electron chi connectivity index (χ0n) is 11.0. The standard InChI is InChI=1S/C14H17N3O2/c1-8-3-5-10(6-4-8)11-13(18)16-12(9(2)7-15)17-14(11)19/h3-6,9,11H,7,15H2,1-2H3,(H,16,17,18,19). The molecule has 0 radical (unpaired) electrons. The molecule has 1 aromatic carbocycles. The maximum absolute atomic E-state index is 12.1. The minimum Gasteiger partial charge on any atom is -0.330 e. The summed E-state index contributed by atoms with van der Waals surface area (Å²) in [5, 5.41) is 2.67. The van der Waals surface area contributed by atoms with Gasteiger partial charge in [-0.3, -0.25) is 9.59 Å². The Kier molecular flexibility index (Phi) is 3.76. The van der Waals surface area contributed by atoms with Crippen LogP contribution in [0, 0.1) is 12.8 Å². The smallest absolute Gasteiger partial charge is 0.264 e. The van der Waals surface area contributed by atoms with Crippen LogP contribution >= 0.6 is 0 Å². The first-order chi connectivity index (χ1) is 9.02. The molecule has 2 rings (SSSR count). The third kappa shape index (κ3) is 2.71. The molecule has 0 bridgehead atoms. The van der Waals surface area contributed by atoms with E-state index in [4.69, 9.17) is 5.73 Å². The first kappa shape index (κ1) is 13.4. The van der Waals surface area contributed by atoms with Gasteiger partial charge in [-0.2, -0.15) is 4.99 Å². The summed E-state index contributed by atoms with van der Waals surface area (Å²) >= 11 is 0. The number of aryl methyl sites for hydroxylation is 1. The van der Waals surface area contributed by atoms with Crippen LogP contribution in [-0.4, -0.2) is 24.2 Å². The molecule has 0 aromatic heterocycles. The quantitative estimate of drug-likeness (QED) is 0.785. The van der Waals surface area contributed by atoms with E-state index in [2.05, 4.69) is 10.3 Å². The van der Waals surface area contributed by atoms with Gasteiger partial charge in [-0.1, -0.05) is 36.8 Å². The van der Waals surface area contributed by atoms with E-state index < -0.39 is 11.8 Å². The van der Waals surface area contributed by atoms with Crippen LogP contribution in [0.15, 0.2) is 29.3 Å². The summed E-state index contributed by atoms with van der Waals surface area (Å²) in [6.07, 6.45) is 0. The molecule has 0 aliphatic carbocycles. The SMILES string of the molecule is Cc1ccc(C2C(=O)N=C(C(C)CN)NC2=O)cc1. The van der Waals surface area contributed by atoms with Gasteiger partial charge >= 0.3 is 0 Å². The van der Waals surface area contributed by atoms with Crippen LogP contribution < -0.4 is 11.1 Å². The number of benzene rings is 1. The van der Waals surface area contributed by atoms with Crippen molar-refractivity contribution in [1.82, 2.24) is 5.32 Å². The monoisotopic (exact) mass is 259 g/mol. The molecular weight excluding hydrogens is 242 g/mol. The van der Waals surface area contributed by atoms with Gasteiger partial charge in [0.05, 0.1) is 0 Å². The van der Waals surface area contributed by atoms with Crippen LogP contribution in [0.4, 0.5) is 0 Å². The number of hydrogen-bond donors (Lipinski definition) is 2. The van der Waals surface area contributed by atoms with Crippen molar-refractivity contribution in [3.63, 3.8) is 0 Å². The van der Waals surface area contributed by atoms with E-state index in [1.165, 1.54) is 0 Å². The number of rotatable bonds is 3. The molecule has 1 aromatic rings. The van der Waals surface area contributed by atoms with Gasteiger partial charge < -0.3 is 11.1 Å². The van der Waals surface area contributed by atoms with E-state index in [9.17, 15) is 9.59 Å². The van der Waals surface area contributed by atoms with Crippen LogP contribution in [0.1, 0.15) is 24.0 Å². The Balaban J connectivity index is 2.30. The highest BCUT2D eigenvalue weighted by atomic mass is 16.2. The lowest BCUT2D eigenvalue weighted by molar-refractivity contribution is -0.129. The summed E-state index contributed by atoms with van der Waals surface area (Å²) < 4.78 is 0. The van der Waals surface area contributed by atoms with Gasteiger partial charge in [0, 0.05) is 12.5 Å². The normalized spacial score (nSPS) is 20.8. The molecule has 2 amide bonds. The van der Waals surface area contributed by atoms with Gasteiger partial charge in [-0.15, -0.1) is 0 Å². The van der Waals surface area contributed by atoms with Gasteiger partial charge in [0.25, 0.3) is 5.91 Å². The number of carbonyl (C=O) groups excluding carboxylic acids is 2. The van der Waals surface area contributed by atoms with E-state index >= 15 is 0 Å². The lowest BCUT2D eigenvalue weighted by Gasteiger charge is -2.23. The Bertz CT molecular complexity index is 534. The molecule has 0 saturated heterocycles. The lowest BCUT2D eigenvalue weighted by atomic mass is 9.94. The second kappa shape index (κ2) is 5.32. The average molecular weight is 259 g/mol. The first-order valence-electron chi connectivity index (χ1n) is 6.23. The summed E-state index contributed by atoms with van der Waals surface area (Å²) in [7, 11) is 0. The van der Waals surface area contributed by atoms with Crippen molar-refractivity contribution in [1.29, 1.82) is 0 Å². The van der Waals surface area contributed by atoms with Crippen molar-refractivity contribution >= 4 is 17.6 Å². The zero-order chi connectivity index (χ0) is 14.0. The number of nitrogens with one attached hydrogen (secondary N) is 1. The average Bonchev–Trinajstić information content (AvgIpc) is 2.39. The second-order valence-corrected chi connectivity index (χ2v) is 4.80. The van der Waals surface area contributed by atoms with Gasteiger partial charge in [-0.25, -0.2) is 0 Å². The minimum atomic E-state index is -0.852. The number of nitrogens with zero attached hydrogens (tertiary/aromatic N) is 1. The Morgan fingerprint density at radius 1 is 1.32 bits per heavy atom. The molecule has 1 aliphatic heterocycles. The van der Waals surface area contributed by atoms with Crippen molar-refractivity contribution < 1.29 is 9.59 Å². The number of carbonyl (C=O) groups is 2. The summed E-state index contributed by atoms with van der Waals surface area (Å²) in [6.45, 7) is 4.10. The van der Waals surface area contributed by atoms with Crippen molar-refractivity contribution in [3.8, 4) is 0 Å². The molecule has 0 saturated carbocycles. The molecular formula is C14H17N3O2. The predicted molar refractivity (Wildman–Crippen MR) is 72.7 cm³/mol. The fourth-order valence-electron chi connectivity index (χ4n) is 1.92. The Hall–Kier alpha value is -2.01. The minimum absolute atomic E-state index is 0.133. The molecule has 3 N–H and O–H groups in total. The summed E-state index contributed by atoms with van der Waals surface area (Å²) in [4.78, 5) is 28.0. The predicted octanol–water partition coefficient (Wildman–Crippen LogP) is 0.728. The fourth-order valence-corrected chi connectivity index (χ4v) is 1.92. The molecule has 2 atom stereocenters. The van der Waals surface area contributed by atoms with Crippen molar-refractivity contribution in [2.45, 2.75) is 19.8 Å². The van der Waals surface area contributed by atoms with E-state index in [0.717, 1.165) is 5.56 Å². The van der Waals surface area contributed by atoms with E-state index in [-0.39, 0.29) is 11.8 Å². The van der Waals surface area contributed by atoms with E-state index in [1.54, 1.807) is 12.1 Å². The van der Waals surface area contributed by atoms with Gasteiger partial charge in [-0.05, 0) is 12.5 Å². The Labute approximate surface area is 111 Å². The molecule has 2 unspecified atom stereocenters. The van der Waals surface area contributed by atoms with Crippen LogP contribution in [0.5, 0.6) is 0 Å². The molecule has 100 valence electrons.